The van der Waals surface area contributed by atoms with Crippen LogP contribution in [0.4, 0.5) is 0 Å². The maximum atomic E-state index is 11.6. The highest BCUT2D eigenvalue weighted by Gasteiger charge is 2.09. The maximum Gasteiger partial charge on any atom is 0.338 e. The van der Waals surface area contributed by atoms with Crippen molar-refractivity contribution in [3.63, 3.8) is 0 Å². The molecule has 0 aliphatic carbocycles. The molecule has 1 aromatic rings. The van der Waals surface area contributed by atoms with Gasteiger partial charge in [-0.15, -0.1) is 0 Å². The summed E-state index contributed by atoms with van der Waals surface area (Å²) in [5, 5.41) is 0. The van der Waals surface area contributed by atoms with Crippen molar-refractivity contribution >= 4 is 11.5 Å². The Bertz CT molecular complexity index is 431. The zero-order valence-corrected chi connectivity index (χ0v) is 13.5. The first-order valence-corrected chi connectivity index (χ1v) is 8.14. The highest BCUT2D eigenvalue weighted by Crippen LogP contribution is 2.16. The molecule has 0 atom stereocenters. The molecule has 0 amide bonds. The summed E-state index contributed by atoms with van der Waals surface area (Å²) in [6, 6.07) is 8.11. The number of benzene rings is 1. The predicted molar refractivity (Wildman–Crippen MR) is 89.2 cm³/mol. The summed E-state index contributed by atoms with van der Waals surface area (Å²) in [6.45, 7) is 8.23. The molecule has 0 aliphatic rings. The van der Waals surface area contributed by atoms with Gasteiger partial charge in [-0.05, 0) is 30.9 Å². The minimum absolute atomic E-state index is 0.332. The number of aryl methyl sites for hydroxylation is 1. The Labute approximate surface area is 129 Å². The number of carbonyl (C=O) groups excluding carboxylic acids is 1. The number of esters is 1. The molecular formula is C19H28O2. The third kappa shape index (κ3) is 6.61. The highest BCUT2D eigenvalue weighted by molar-refractivity contribution is 6.15. The van der Waals surface area contributed by atoms with Crippen LogP contribution in [0.3, 0.4) is 0 Å². The molecule has 2 heteroatoms. The standard InChI is InChI=1S/C19H28O2/c1-4-6-7-8-9-10-11-17-12-14-18(15-13-17)16(3)19(20)21-5-2/h12-15H,3-11H2,1-2H3. The van der Waals surface area contributed by atoms with E-state index in [0.29, 0.717) is 12.2 Å². The Morgan fingerprint density at radius 2 is 1.62 bits per heavy atom. The molecule has 0 aromatic heterocycles. The van der Waals surface area contributed by atoms with Crippen molar-refractivity contribution in [1.82, 2.24) is 0 Å². The van der Waals surface area contributed by atoms with Gasteiger partial charge in [0.2, 0.25) is 0 Å². The van der Waals surface area contributed by atoms with Crippen LogP contribution in [0.2, 0.25) is 0 Å². The SMILES string of the molecule is C=C(C(=O)OCC)c1ccc(CCCCCCCC)cc1. The molecule has 2 nitrogen and oxygen atoms in total. The van der Waals surface area contributed by atoms with Crippen LogP contribution in [0.25, 0.3) is 5.57 Å². The zero-order chi connectivity index (χ0) is 15.5. The molecule has 0 heterocycles. The lowest BCUT2D eigenvalue weighted by Gasteiger charge is -2.07. The molecule has 21 heavy (non-hydrogen) atoms. The second kappa shape index (κ2) is 10.2. The van der Waals surface area contributed by atoms with Crippen LogP contribution in [0.1, 0.15) is 63.5 Å². The van der Waals surface area contributed by atoms with Crippen LogP contribution in [0.5, 0.6) is 0 Å². The van der Waals surface area contributed by atoms with E-state index in [0.717, 1.165) is 12.0 Å². The second-order valence-corrected chi connectivity index (χ2v) is 5.41. The largest absolute Gasteiger partial charge is 0.462 e. The monoisotopic (exact) mass is 288 g/mol. The van der Waals surface area contributed by atoms with Gasteiger partial charge in [0.05, 0.1) is 12.2 Å². The van der Waals surface area contributed by atoms with Crippen LogP contribution >= 0.6 is 0 Å². The summed E-state index contributed by atoms with van der Waals surface area (Å²) in [7, 11) is 0. The average molecular weight is 288 g/mol. The number of unbranched alkanes of at least 4 members (excludes halogenated alkanes) is 5. The summed E-state index contributed by atoms with van der Waals surface area (Å²) >= 11 is 0. The van der Waals surface area contributed by atoms with Gasteiger partial charge in [0.25, 0.3) is 0 Å². The molecule has 1 aromatic carbocycles. The predicted octanol–water partition coefficient (Wildman–Crippen LogP) is 5.17. The van der Waals surface area contributed by atoms with Crippen LogP contribution in [0.15, 0.2) is 30.8 Å². The lowest BCUT2D eigenvalue weighted by molar-refractivity contribution is -0.136. The summed E-state index contributed by atoms with van der Waals surface area (Å²) in [6.07, 6.45) is 8.99. The fourth-order valence-corrected chi connectivity index (χ4v) is 2.32. The first-order chi connectivity index (χ1) is 10.2. The molecule has 0 saturated carbocycles. The average Bonchev–Trinajstić information content (AvgIpc) is 2.51. The normalized spacial score (nSPS) is 10.4. The second-order valence-electron chi connectivity index (χ2n) is 5.41. The Hall–Kier alpha value is -1.57. The molecule has 0 fully saturated rings. The molecule has 0 spiro atoms. The minimum Gasteiger partial charge on any atom is -0.462 e. The van der Waals surface area contributed by atoms with Crippen molar-refractivity contribution in [2.45, 2.75) is 58.8 Å². The summed E-state index contributed by atoms with van der Waals surface area (Å²) in [4.78, 5) is 11.6. The van der Waals surface area contributed by atoms with Crippen molar-refractivity contribution in [2.75, 3.05) is 6.61 Å². The first-order valence-electron chi connectivity index (χ1n) is 8.14. The Morgan fingerprint density at radius 1 is 1.00 bits per heavy atom. The van der Waals surface area contributed by atoms with Gasteiger partial charge in [-0.1, -0.05) is 69.9 Å². The van der Waals surface area contributed by atoms with E-state index in [1.54, 1.807) is 6.92 Å². The quantitative estimate of drug-likeness (QED) is 0.337. The van der Waals surface area contributed by atoms with E-state index < -0.39 is 0 Å². The van der Waals surface area contributed by atoms with Crippen LogP contribution in [0, 0.1) is 0 Å². The van der Waals surface area contributed by atoms with E-state index in [1.165, 1.54) is 44.1 Å². The highest BCUT2D eigenvalue weighted by atomic mass is 16.5. The fraction of sp³-hybridized carbons (Fsp3) is 0.526. The number of rotatable bonds is 10. The van der Waals surface area contributed by atoms with Crippen LogP contribution in [-0.2, 0) is 16.0 Å². The van der Waals surface area contributed by atoms with Crippen molar-refractivity contribution in [3.8, 4) is 0 Å². The lowest BCUT2D eigenvalue weighted by Crippen LogP contribution is -2.05. The molecule has 116 valence electrons. The van der Waals surface area contributed by atoms with E-state index in [4.69, 9.17) is 4.74 Å². The third-order valence-electron chi connectivity index (χ3n) is 3.64. The van der Waals surface area contributed by atoms with E-state index in [9.17, 15) is 4.79 Å². The fourth-order valence-electron chi connectivity index (χ4n) is 2.32. The van der Waals surface area contributed by atoms with Gasteiger partial charge in [0.15, 0.2) is 0 Å². The topological polar surface area (TPSA) is 26.3 Å². The molecule has 0 radical (unpaired) electrons. The Balaban J connectivity index is 2.36. The Morgan fingerprint density at radius 3 is 2.24 bits per heavy atom. The summed E-state index contributed by atoms with van der Waals surface area (Å²) in [5.41, 5.74) is 2.61. The maximum absolute atomic E-state index is 11.6. The van der Waals surface area contributed by atoms with E-state index in [2.05, 4.69) is 25.6 Å². The van der Waals surface area contributed by atoms with Gasteiger partial charge in [-0.3, -0.25) is 0 Å². The van der Waals surface area contributed by atoms with E-state index in [1.807, 2.05) is 12.1 Å². The lowest BCUT2D eigenvalue weighted by atomic mass is 10.0. The molecule has 0 N–H and O–H groups in total. The van der Waals surface area contributed by atoms with E-state index in [-0.39, 0.29) is 5.97 Å². The van der Waals surface area contributed by atoms with Crippen LogP contribution < -0.4 is 0 Å². The van der Waals surface area contributed by atoms with Gasteiger partial charge in [0.1, 0.15) is 0 Å². The smallest absolute Gasteiger partial charge is 0.338 e. The number of ether oxygens (including phenoxy) is 1. The molecule has 0 aliphatic heterocycles. The summed E-state index contributed by atoms with van der Waals surface area (Å²) in [5.74, 6) is -0.332. The molecule has 0 saturated heterocycles. The van der Waals surface area contributed by atoms with Gasteiger partial charge in [0, 0.05) is 0 Å². The summed E-state index contributed by atoms with van der Waals surface area (Å²) < 4.78 is 4.96. The third-order valence-corrected chi connectivity index (χ3v) is 3.64. The molecule has 1 rings (SSSR count). The number of hydrogen-bond donors (Lipinski definition) is 0. The van der Waals surface area contributed by atoms with E-state index >= 15 is 0 Å². The van der Waals surface area contributed by atoms with Gasteiger partial charge >= 0.3 is 5.97 Å². The van der Waals surface area contributed by atoms with Crippen molar-refractivity contribution in [2.24, 2.45) is 0 Å². The van der Waals surface area contributed by atoms with Crippen molar-refractivity contribution in [1.29, 1.82) is 0 Å². The van der Waals surface area contributed by atoms with Gasteiger partial charge < -0.3 is 4.74 Å². The van der Waals surface area contributed by atoms with Crippen LogP contribution in [-0.4, -0.2) is 12.6 Å². The van der Waals surface area contributed by atoms with Gasteiger partial charge in [-0.2, -0.15) is 0 Å². The minimum atomic E-state index is -0.332. The van der Waals surface area contributed by atoms with Crippen molar-refractivity contribution in [3.05, 3.63) is 42.0 Å². The molecule has 0 bridgehead atoms. The number of carbonyl (C=O) groups is 1. The molecule has 0 unspecified atom stereocenters. The Kier molecular flexibility index (Phi) is 8.49. The number of hydrogen-bond acceptors (Lipinski definition) is 2. The molecular weight excluding hydrogens is 260 g/mol. The van der Waals surface area contributed by atoms with Gasteiger partial charge in [-0.25, -0.2) is 4.79 Å². The zero-order valence-electron chi connectivity index (χ0n) is 13.5. The first kappa shape index (κ1) is 17.5. The van der Waals surface area contributed by atoms with Crippen molar-refractivity contribution < 1.29 is 9.53 Å².